The van der Waals surface area contributed by atoms with E-state index >= 15 is 0 Å². The standard InChI is InChI=1S/C16H26N2O2/c1-11-5-7-12(8-6-11)18(2)14-10-16(20-4)15(19-3)9-13(14)17/h9-12H,5-8,17H2,1-4H3. The summed E-state index contributed by atoms with van der Waals surface area (Å²) in [5.41, 5.74) is 7.95. The maximum absolute atomic E-state index is 6.18. The molecule has 0 unspecified atom stereocenters. The molecule has 4 heteroatoms. The summed E-state index contributed by atoms with van der Waals surface area (Å²) in [6.45, 7) is 2.33. The second kappa shape index (κ2) is 6.25. The third-order valence-corrected chi connectivity index (χ3v) is 4.45. The lowest BCUT2D eigenvalue weighted by Gasteiger charge is -2.35. The van der Waals surface area contributed by atoms with Crippen LogP contribution in [0.3, 0.4) is 0 Å². The Morgan fingerprint density at radius 1 is 1.05 bits per heavy atom. The van der Waals surface area contributed by atoms with Crippen LogP contribution in [0.1, 0.15) is 32.6 Å². The van der Waals surface area contributed by atoms with E-state index in [-0.39, 0.29) is 0 Å². The smallest absolute Gasteiger partial charge is 0.162 e. The predicted octanol–water partition coefficient (Wildman–Crippen LogP) is 3.30. The highest BCUT2D eigenvalue weighted by Gasteiger charge is 2.24. The van der Waals surface area contributed by atoms with Crippen LogP contribution in [0.15, 0.2) is 12.1 Å². The van der Waals surface area contributed by atoms with Crippen molar-refractivity contribution in [1.82, 2.24) is 0 Å². The van der Waals surface area contributed by atoms with Crippen molar-refractivity contribution >= 4 is 11.4 Å². The van der Waals surface area contributed by atoms with Gasteiger partial charge >= 0.3 is 0 Å². The molecule has 0 aliphatic heterocycles. The van der Waals surface area contributed by atoms with E-state index in [0.29, 0.717) is 11.8 Å². The Morgan fingerprint density at radius 3 is 2.15 bits per heavy atom. The Morgan fingerprint density at radius 2 is 1.60 bits per heavy atom. The van der Waals surface area contributed by atoms with E-state index in [1.165, 1.54) is 25.7 Å². The molecule has 112 valence electrons. The first-order chi connectivity index (χ1) is 9.56. The first-order valence-electron chi connectivity index (χ1n) is 7.31. The molecule has 1 fully saturated rings. The largest absolute Gasteiger partial charge is 0.493 e. The third-order valence-electron chi connectivity index (χ3n) is 4.45. The van der Waals surface area contributed by atoms with Gasteiger partial charge in [-0.25, -0.2) is 0 Å². The molecular formula is C16H26N2O2. The summed E-state index contributed by atoms with van der Waals surface area (Å²) in [6, 6.07) is 4.38. The first-order valence-corrected chi connectivity index (χ1v) is 7.31. The summed E-state index contributed by atoms with van der Waals surface area (Å²) in [5, 5.41) is 0. The van der Waals surface area contributed by atoms with Gasteiger partial charge in [0.15, 0.2) is 11.5 Å². The van der Waals surface area contributed by atoms with Gasteiger partial charge in [0.1, 0.15) is 0 Å². The fourth-order valence-electron chi connectivity index (χ4n) is 3.02. The van der Waals surface area contributed by atoms with E-state index in [1.54, 1.807) is 14.2 Å². The lowest BCUT2D eigenvalue weighted by atomic mass is 9.86. The predicted molar refractivity (Wildman–Crippen MR) is 83.8 cm³/mol. The monoisotopic (exact) mass is 278 g/mol. The van der Waals surface area contributed by atoms with Crippen LogP contribution in [-0.4, -0.2) is 27.3 Å². The Balaban J connectivity index is 2.23. The van der Waals surface area contributed by atoms with Crippen LogP contribution >= 0.6 is 0 Å². The van der Waals surface area contributed by atoms with Crippen molar-refractivity contribution < 1.29 is 9.47 Å². The number of nitrogen functional groups attached to an aromatic ring is 1. The summed E-state index contributed by atoms with van der Waals surface area (Å²) < 4.78 is 10.7. The van der Waals surface area contributed by atoms with Crippen LogP contribution in [0.5, 0.6) is 11.5 Å². The molecule has 1 aliphatic rings. The zero-order chi connectivity index (χ0) is 14.7. The molecule has 20 heavy (non-hydrogen) atoms. The lowest BCUT2D eigenvalue weighted by molar-refractivity contribution is 0.339. The number of rotatable bonds is 4. The van der Waals surface area contributed by atoms with E-state index in [4.69, 9.17) is 15.2 Å². The van der Waals surface area contributed by atoms with Crippen LogP contribution in [-0.2, 0) is 0 Å². The molecule has 0 radical (unpaired) electrons. The van der Waals surface area contributed by atoms with Gasteiger partial charge in [0.05, 0.1) is 25.6 Å². The minimum Gasteiger partial charge on any atom is -0.493 e. The summed E-state index contributed by atoms with van der Waals surface area (Å²) >= 11 is 0. The maximum atomic E-state index is 6.18. The molecular weight excluding hydrogens is 252 g/mol. The normalized spacial score (nSPS) is 22.4. The van der Waals surface area contributed by atoms with Gasteiger partial charge in [-0.3, -0.25) is 0 Å². The minimum absolute atomic E-state index is 0.562. The van der Waals surface area contributed by atoms with E-state index in [0.717, 1.165) is 23.0 Å². The number of ether oxygens (including phenoxy) is 2. The summed E-state index contributed by atoms with van der Waals surface area (Å²) in [5.74, 6) is 2.26. The van der Waals surface area contributed by atoms with Gasteiger partial charge in [0.2, 0.25) is 0 Å². The van der Waals surface area contributed by atoms with E-state index < -0.39 is 0 Å². The van der Waals surface area contributed by atoms with Gasteiger partial charge in [-0.2, -0.15) is 0 Å². The zero-order valence-electron chi connectivity index (χ0n) is 13.0. The van der Waals surface area contributed by atoms with E-state index in [2.05, 4.69) is 18.9 Å². The molecule has 0 heterocycles. The lowest BCUT2D eigenvalue weighted by Crippen LogP contribution is -2.35. The summed E-state index contributed by atoms with van der Waals surface area (Å²) in [7, 11) is 5.40. The van der Waals surface area contributed by atoms with Gasteiger partial charge in [0, 0.05) is 25.2 Å². The van der Waals surface area contributed by atoms with Crippen molar-refractivity contribution in [3.63, 3.8) is 0 Å². The molecule has 1 aromatic rings. The molecule has 0 bridgehead atoms. The number of methoxy groups -OCH3 is 2. The molecule has 0 saturated heterocycles. The van der Waals surface area contributed by atoms with E-state index in [9.17, 15) is 0 Å². The van der Waals surface area contributed by atoms with Crippen LogP contribution in [0.4, 0.5) is 11.4 Å². The molecule has 1 aromatic carbocycles. The van der Waals surface area contributed by atoms with Crippen LogP contribution in [0, 0.1) is 5.92 Å². The highest BCUT2D eigenvalue weighted by atomic mass is 16.5. The van der Waals surface area contributed by atoms with Crippen molar-refractivity contribution in [1.29, 1.82) is 0 Å². The third kappa shape index (κ3) is 2.94. The average Bonchev–Trinajstić information content (AvgIpc) is 2.47. The minimum atomic E-state index is 0.562. The summed E-state index contributed by atoms with van der Waals surface area (Å²) in [4.78, 5) is 2.29. The van der Waals surface area contributed by atoms with Crippen molar-refractivity contribution in [2.24, 2.45) is 5.92 Å². The highest BCUT2D eigenvalue weighted by Crippen LogP contribution is 2.38. The van der Waals surface area contributed by atoms with E-state index in [1.807, 2.05) is 12.1 Å². The van der Waals surface area contributed by atoms with Crippen LogP contribution in [0.25, 0.3) is 0 Å². The number of hydrogen-bond acceptors (Lipinski definition) is 4. The Hall–Kier alpha value is -1.58. The van der Waals surface area contributed by atoms with Crippen LogP contribution in [0.2, 0.25) is 0 Å². The van der Waals surface area contributed by atoms with Gasteiger partial charge < -0.3 is 20.1 Å². The Labute approximate surface area is 121 Å². The molecule has 0 aromatic heterocycles. The maximum Gasteiger partial charge on any atom is 0.162 e. The number of hydrogen-bond donors (Lipinski definition) is 1. The van der Waals surface area contributed by atoms with Crippen molar-refractivity contribution in [3.8, 4) is 11.5 Å². The fraction of sp³-hybridized carbons (Fsp3) is 0.625. The number of benzene rings is 1. The average molecular weight is 278 g/mol. The molecule has 0 spiro atoms. The number of nitrogens with zero attached hydrogens (tertiary/aromatic N) is 1. The second-order valence-corrected chi connectivity index (χ2v) is 5.79. The number of nitrogens with two attached hydrogens (primary N) is 1. The van der Waals surface area contributed by atoms with Crippen LogP contribution < -0.4 is 20.1 Å². The van der Waals surface area contributed by atoms with Gasteiger partial charge in [0.25, 0.3) is 0 Å². The SMILES string of the molecule is COc1cc(N)c(N(C)C2CCC(C)CC2)cc1OC. The topological polar surface area (TPSA) is 47.7 Å². The number of anilines is 2. The second-order valence-electron chi connectivity index (χ2n) is 5.79. The van der Waals surface area contributed by atoms with Crippen molar-refractivity contribution in [3.05, 3.63) is 12.1 Å². The Bertz CT molecular complexity index is 454. The zero-order valence-corrected chi connectivity index (χ0v) is 13.0. The molecule has 1 aliphatic carbocycles. The van der Waals surface area contributed by atoms with Gasteiger partial charge in [-0.1, -0.05) is 6.92 Å². The fourth-order valence-corrected chi connectivity index (χ4v) is 3.02. The molecule has 0 atom stereocenters. The van der Waals surface area contributed by atoms with Crippen molar-refractivity contribution in [2.45, 2.75) is 38.6 Å². The molecule has 2 N–H and O–H groups in total. The summed E-state index contributed by atoms with van der Waals surface area (Å²) in [6.07, 6.45) is 5.04. The first kappa shape index (κ1) is 14.8. The molecule has 0 amide bonds. The molecule has 2 rings (SSSR count). The molecule has 4 nitrogen and oxygen atoms in total. The Kier molecular flexibility index (Phi) is 4.63. The highest BCUT2D eigenvalue weighted by molar-refractivity contribution is 5.73. The quantitative estimate of drug-likeness (QED) is 0.858. The van der Waals surface area contributed by atoms with Gasteiger partial charge in [-0.05, 0) is 31.6 Å². The van der Waals surface area contributed by atoms with Crippen molar-refractivity contribution in [2.75, 3.05) is 31.9 Å². The molecule has 1 saturated carbocycles. The van der Waals surface area contributed by atoms with Gasteiger partial charge in [-0.15, -0.1) is 0 Å².